The van der Waals surface area contributed by atoms with Crippen LogP contribution >= 0.6 is 24.8 Å². The number of nitrogens with zero attached hydrogens (tertiary/aromatic N) is 4. The Morgan fingerprint density at radius 1 is 1.23 bits per heavy atom. The molecule has 4 rings (SSSR count). The topological polar surface area (TPSA) is 71.8 Å². The van der Waals surface area contributed by atoms with Gasteiger partial charge < -0.3 is 15.0 Å². The van der Waals surface area contributed by atoms with E-state index < -0.39 is 0 Å². The van der Waals surface area contributed by atoms with Gasteiger partial charge in [-0.25, -0.2) is 0 Å². The summed E-state index contributed by atoms with van der Waals surface area (Å²) in [5, 5.41) is 11.9. The van der Waals surface area contributed by atoms with Crippen LogP contribution in [-0.2, 0) is 9.53 Å². The van der Waals surface area contributed by atoms with Crippen LogP contribution in [0.15, 0.2) is 24.4 Å². The van der Waals surface area contributed by atoms with Crippen molar-refractivity contribution in [2.45, 2.75) is 31.2 Å². The fourth-order valence-corrected chi connectivity index (χ4v) is 3.62. The Labute approximate surface area is 165 Å². The van der Waals surface area contributed by atoms with Crippen molar-refractivity contribution in [1.82, 2.24) is 24.8 Å². The minimum absolute atomic E-state index is 0. The highest BCUT2D eigenvalue weighted by Gasteiger charge is 2.28. The van der Waals surface area contributed by atoms with Gasteiger partial charge in [0, 0.05) is 44.2 Å². The van der Waals surface area contributed by atoms with Crippen molar-refractivity contribution in [3.8, 4) is 0 Å². The Hall–Kier alpha value is -1.41. The molecule has 0 spiro atoms. The van der Waals surface area contributed by atoms with Crippen molar-refractivity contribution >= 4 is 36.4 Å². The third-order valence-corrected chi connectivity index (χ3v) is 4.97. The second kappa shape index (κ2) is 9.50. The normalized spacial score (nSPS) is 21.1. The standard InChI is InChI=1S/C17H23N5O2.2ClH/c23-16(11-14-12-24-10-6-18-14)21-8-4-13(5-9-21)17-20-19-15-3-1-2-7-22(15)17;;/h1-3,7,13-14,18H,4-6,8-12H2;2*1H. The summed E-state index contributed by atoms with van der Waals surface area (Å²) in [6.07, 6.45) is 4.42. The number of likely N-dealkylation sites (tertiary alicyclic amines) is 1. The van der Waals surface area contributed by atoms with Crippen LogP contribution in [-0.4, -0.2) is 64.3 Å². The minimum atomic E-state index is 0. The molecule has 2 fully saturated rings. The van der Waals surface area contributed by atoms with Gasteiger partial charge in [0.25, 0.3) is 0 Å². The van der Waals surface area contributed by atoms with Crippen molar-refractivity contribution in [2.24, 2.45) is 0 Å². The molecular formula is C17H25Cl2N5O2. The van der Waals surface area contributed by atoms with Gasteiger partial charge in [0.2, 0.25) is 5.91 Å². The maximum absolute atomic E-state index is 12.5. The number of carbonyl (C=O) groups is 1. The summed E-state index contributed by atoms with van der Waals surface area (Å²) >= 11 is 0. The predicted octanol–water partition coefficient (Wildman–Crippen LogP) is 1.66. The molecule has 2 saturated heterocycles. The number of piperidine rings is 1. The molecule has 1 N–H and O–H groups in total. The molecule has 7 nitrogen and oxygen atoms in total. The molecule has 0 saturated carbocycles. The van der Waals surface area contributed by atoms with Crippen LogP contribution in [0.5, 0.6) is 0 Å². The van der Waals surface area contributed by atoms with E-state index in [-0.39, 0.29) is 36.8 Å². The predicted molar refractivity (Wildman–Crippen MR) is 103 cm³/mol. The van der Waals surface area contributed by atoms with Crippen LogP contribution < -0.4 is 5.32 Å². The average Bonchev–Trinajstić information content (AvgIpc) is 3.07. The summed E-state index contributed by atoms with van der Waals surface area (Å²) in [6.45, 7) is 3.79. The third kappa shape index (κ3) is 4.46. The lowest BCUT2D eigenvalue weighted by Crippen LogP contribution is -2.46. The maximum Gasteiger partial charge on any atom is 0.224 e. The summed E-state index contributed by atoms with van der Waals surface area (Å²) in [6, 6.07) is 6.09. The number of halogens is 2. The Morgan fingerprint density at radius 2 is 2.04 bits per heavy atom. The van der Waals surface area contributed by atoms with Gasteiger partial charge in [0.05, 0.1) is 13.2 Å². The largest absolute Gasteiger partial charge is 0.378 e. The maximum atomic E-state index is 12.5. The Balaban J connectivity index is 0.00000121. The molecule has 2 aliphatic heterocycles. The highest BCUT2D eigenvalue weighted by atomic mass is 35.5. The van der Waals surface area contributed by atoms with E-state index in [9.17, 15) is 4.79 Å². The summed E-state index contributed by atoms with van der Waals surface area (Å²) in [4.78, 5) is 14.5. The number of nitrogens with one attached hydrogen (secondary N) is 1. The van der Waals surface area contributed by atoms with Crippen molar-refractivity contribution < 1.29 is 9.53 Å². The lowest BCUT2D eigenvalue weighted by atomic mass is 9.95. The summed E-state index contributed by atoms with van der Waals surface area (Å²) in [7, 11) is 0. The molecule has 2 aromatic rings. The number of pyridine rings is 1. The second-order valence-electron chi connectivity index (χ2n) is 6.57. The van der Waals surface area contributed by atoms with Gasteiger partial charge in [0.1, 0.15) is 5.82 Å². The molecule has 0 aromatic carbocycles. The van der Waals surface area contributed by atoms with Crippen LogP contribution in [0, 0.1) is 0 Å². The lowest BCUT2D eigenvalue weighted by molar-refractivity contribution is -0.133. The van der Waals surface area contributed by atoms with Gasteiger partial charge in [0.15, 0.2) is 5.65 Å². The van der Waals surface area contributed by atoms with Gasteiger partial charge in [-0.05, 0) is 25.0 Å². The number of rotatable bonds is 3. The average molecular weight is 402 g/mol. The van der Waals surface area contributed by atoms with Crippen LogP contribution in [0.25, 0.3) is 5.65 Å². The Bertz CT molecular complexity index is 712. The molecular weight excluding hydrogens is 377 g/mol. The van der Waals surface area contributed by atoms with E-state index in [2.05, 4.69) is 19.9 Å². The van der Waals surface area contributed by atoms with Crippen LogP contribution in [0.3, 0.4) is 0 Å². The number of hydrogen-bond acceptors (Lipinski definition) is 5. The van der Waals surface area contributed by atoms with Gasteiger partial charge in [-0.1, -0.05) is 6.07 Å². The molecule has 2 aromatic heterocycles. The van der Waals surface area contributed by atoms with E-state index in [0.29, 0.717) is 18.9 Å². The Morgan fingerprint density at radius 3 is 2.77 bits per heavy atom. The van der Waals surface area contributed by atoms with Gasteiger partial charge in [-0.15, -0.1) is 35.0 Å². The smallest absolute Gasteiger partial charge is 0.224 e. The molecule has 26 heavy (non-hydrogen) atoms. The zero-order valence-corrected chi connectivity index (χ0v) is 16.2. The number of morpholine rings is 1. The molecule has 4 heterocycles. The molecule has 0 bridgehead atoms. The first kappa shape index (κ1) is 20.9. The summed E-state index contributed by atoms with van der Waals surface area (Å²) in [5.74, 6) is 1.60. The quantitative estimate of drug-likeness (QED) is 0.846. The highest BCUT2D eigenvalue weighted by Crippen LogP contribution is 2.27. The van der Waals surface area contributed by atoms with Crippen LogP contribution in [0.2, 0.25) is 0 Å². The highest BCUT2D eigenvalue weighted by molar-refractivity contribution is 5.85. The zero-order chi connectivity index (χ0) is 16.4. The van der Waals surface area contributed by atoms with E-state index in [1.807, 2.05) is 29.3 Å². The zero-order valence-electron chi connectivity index (χ0n) is 14.5. The van der Waals surface area contributed by atoms with E-state index in [0.717, 1.165) is 50.6 Å². The third-order valence-electron chi connectivity index (χ3n) is 4.97. The number of aromatic nitrogens is 3. The van der Waals surface area contributed by atoms with E-state index in [4.69, 9.17) is 4.74 Å². The summed E-state index contributed by atoms with van der Waals surface area (Å²) in [5.41, 5.74) is 0.884. The fraction of sp³-hybridized carbons (Fsp3) is 0.588. The first-order chi connectivity index (χ1) is 11.8. The van der Waals surface area contributed by atoms with Gasteiger partial charge in [-0.2, -0.15) is 0 Å². The minimum Gasteiger partial charge on any atom is -0.378 e. The number of fused-ring (bicyclic) bond motifs is 1. The number of hydrogen-bond donors (Lipinski definition) is 1. The molecule has 0 aliphatic carbocycles. The summed E-state index contributed by atoms with van der Waals surface area (Å²) < 4.78 is 7.49. The van der Waals surface area contributed by atoms with Gasteiger partial charge >= 0.3 is 0 Å². The molecule has 1 atom stereocenters. The molecule has 1 amide bonds. The first-order valence-electron chi connectivity index (χ1n) is 8.70. The molecule has 1 unspecified atom stereocenters. The van der Waals surface area contributed by atoms with Crippen LogP contribution in [0.4, 0.5) is 0 Å². The fourth-order valence-electron chi connectivity index (χ4n) is 3.62. The number of ether oxygens (including phenoxy) is 1. The molecule has 144 valence electrons. The molecule has 2 aliphatic rings. The first-order valence-corrected chi connectivity index (χ1v) is 8.70. The van der Waals surface area contributed by atoms with E-state index in [1.165, 1.54) is 0 Å². The molecule has 9 heteroatoms. The Kier molecular flexibility index (Phi) is 7.64. The SMILES string of the molecule is Cl.Cl.O=C(CC1COCCN1)N1CCC(c2nnc3ccccn23)CC1. The number of carbonyl (C=O) groups excluding carboxylic acids is 1. The van der Waals surface area contributed by atoms with Gasteiger partial charge in [-0.3, -0.25) is 9.20 Å². The van der Waals surface area contributed by atoms with E-state index >= 15 is 0 Å². The monoisotopic (exact) mass is 401 g/mol. The van der Waals surface area contributed by atoms with Crippen molar-refractivity contribution in [1.29, 1.82) is 0 Å². The van der Waals surface area contributed by atoms with Crippen LogP contribution in [0.1, 0.15) is 31.0 Å². The van der Waals surface area contributed by atoms with Crippen molar-refractivity contribution in [2.75, 3.05) is 32.8 Å². The lowest BCUT2D eigenvalue weighted by Gasteiger charge is -2.33. The second-order valence-corrected chi connectivity index (χ2v) is 6.57. The van der Waals surface area contributed by atoms with Crippen molar-refractivity contribution in [3.05, 3.63) is 30.2 Å². The number of amides is 1. The van der Waals surface area contributed by atoms with Crippen molar-refractivity contribution in [3.63, 3.8) is 0 Å². The molecule has 0 radical (unpaired) electrons. The van der Waals surface area contributed by atoms with E-state index in [1.54, 1.807) is 0 Å².